The Hall–Kier alpha value is -13.6. The van der Waals surface area contributed by atoms with Gasteiger partial charge in [0.2, 0.25) is 0 Å². The van der Waals surface area contributed by atoms with Crippen LogP contribution < -0.4 is 51.2 Å². The zero-order valence-electron chi connectivity index (χ0n) is 65.3. The number of esters is 2. The number of carboxylic acids is 2. The second-order valence-corrected chi connectivity index (χ2v) is 26.3. The number of methoxy groups -OCH3 is 2. The van der Waals surface area contributed by atoms with Crippen LogP contribution in [0, 0.1) is 55.4 Å². The van der Waals surface area contributed by atoms with E-state index in [2.05, 4.69) is 45.4 Å². The maximum atomic E-state index is 12.8. The Morgan fingerprint density at radius 1 is 0.405 bits per heavy atom. The first-order chi connectivity index (χ1) is 54.2. The van der Waals surface area contributed by atoms with Gasteiger partial charge < -0.3 is 69.3 Å². The number of anilines is 4. The number of carboxylic acid groups (broad SMARTS) is 2. The molecule has 0 aliphatic carbocycles. The van der Waals surface area contributed by atoms with Crippen LogP contribution in [0.1, 0.15) is 135 Å². The monoisotopic (exact) mass is 1590 g/mol. The van der Waals surface area contributed by atoms with E-state index in [1.807, 2.05) is 123 Å². The molecule has 34 heteroatoms. The Morgan fingerprint density at radius 2 is 0.698 bits per heavy atom. The molecule has 33 nitrogen and oxygen atoms in total. The molecule has 0 radical (unpaired) electrons. The molecule has 4 aromatic carbocycles. The van der Waals surface area contributed by atoms with Crippen LogP contribution in [-0.4, -0.2) is 154 Å². The molecule has 116 heavy (non-hydrogen) atoms. The summed E-state index contributed by atoms with van der Waals surface area (Å²) in [7, 11) is 2.72. The number of aryl methyl sites for hydroxylation is 8. The van der Waals surface area contributed by atoms with Crippen molar-refractivity contribution in [2.24, 2.45) is 0 Å². The van der Waals surface area contributed by atoms with Crippen LogP contribution in [0.4, 0.5) is 22.7 Å². The number of nitrogens with two attached hydrogens (primary N) is 1. The number of ether oxygens (including phenoxy) is 2. The van der Waals surface area contributed by atoms with Crippen molar-refractivity contribution in [2.45, 2.75) is 107 Å². The fraction of sp³-hybridized carbons (Fsp3) is 0.220. The van der Waals surface area contributed by atoms with E-state index in [4.69, 9.17) is 26.0 Å². The summed E-state index contributed by atoms with van der Waals surface area (Å²) in [4.78, 5) is 160. The Balaban J connectivity index is 0.000000201. The van der Waals surface area contributed by atoms with E-state index in [0.29, 0.717) is 78.2 Å². The van der Waals surface area contributed by atoms with Crippen LogP contribution in [-0.2, 0) is 78.4 Å². The second-order valence-electron chi connectivity index (χ2n) is 26.3. The van der Waals surface area contributed by atoms with Crippen molar-refractivity contribution in [3.63, 3.8) is 0 Å². The molecule has 2 aliphatic heterocycles. The molecule has 14 rings (SSSR count). The number of hydroxylamine groups is 4. The number of hydrogen-bond acceptors (Lipinski definition) is 22. The number of aromatic carboxylic acids is 1. The van der Waals surface area contributed by atoms with Gasteiger partial charge in [-0.3, -0.25) is 53.2 Å². The first-order valence-electron chi connectivity index (χ1n) is 35.3. The van der Waals surface area contributed by atoms with Crippen molar-refractivity contribution in [1.29, 1.82) is 0 Å². The summed E-state index contributed by atoms with van der Waals surface area (Å²) >= 11 is 0. The van der Waals surface area contributed by atoms with Gasteiger partial charge in [0.15, 0.2) is 5.65 Å². The number of amides is 7. The normalized spacial score (nSPS) is 11.9. The van der Waals surface area contributed by atoms with Crippen molar-refractivity contribution in [3.8, 4) is 0 Å². The minimum atomic E-state index is -0.940. The van der Waals surface area contributed by atoms with E-state index in [1.54, 1.807) is 120 Å². The number of nitrogens with one attached hydrogen (secondary N) is 3. The summed E-state index contributed by atoms with van der Waals surface area (Å²) in [5.74, 6) is -6.07. The van der Waals surface area contributed by atoms with Crippen molar-refractivity contribution < 1.29 is 122 Å². The number of aliphatic carboxylic acids is 1. The predicted octanol–water partition coefficient (Wildman–Crippen LogP) is 7.09. The number of hydrogen-bond donors (Lipinski definition) is 7. The molecule has 596 valence electrons. The molecule has 12 aromatic rings. The van der Waals surface area contributed by atoms with E-state index in [9.17, 15) is 57.5 Å². The van der Waals surface area contributed by atoms with E-state index in [-0.39, 0.29) is 127 Å². The minimum Gasteiger partial charge on any atom is -0.870 e. The number of nitrogens with zero attached hydrogens (tertiary/aromatic N) is 10. The van der Waals surface area contributed by atoms with Crippen LogP contribution >= 0.6 is 0 Å². The quantitative estimate of drug-likeness (QED) is 0.0167. The summed E-state index contributed by atoms with van der Waals surface area (Å²) in [6.45, 7) is 15.3. The number of nitrogen functional groups attached to an aromatic ring is 1. The Bertz CT molecular complexity index is 5720. The topological polar surface area (TPSA) is 461 Å². The molecule has 2 saturated heterocycles. The van der Waals surface area contributed by atoms with Gasteiger partial charge in [-0.15, -0.1) is 5.06 Å². The number of carbonyl (C=O) groups excluding carboxylic acids is 10. The van der Waals surface area contributed by atoms with E-state index in [0.717, 1.165) is 56.7 Å². The Kier molecular flexibility index (Phi) is 31.5. The van der Waals surface area contributed by atoms with Crippen LogP contribution in [0.25, 0.3) is 22.6 Å². The van der Waals surface area contributed by atoms with E-state index in [1.165, 1.54) is 14.2 Å². The van der Waals surface area contributed by atoms with Crippen molar-refractivity contribution in [1.82, 2.24) is 47.7 Å². The number of imide groups is 2. The molecule has 7 amide bonds. The fourth-order valence-electron chi connectivity index (χ4n) is 12.0. The van der Waals surface area contributed by atoms with Gasteiger partial charge in [0.05, 0.1) is 56.6 Å². The van der Waals surface area contributed by atoms with Gasteiger partial charge >= 0.3 is 59.4 Å². The van der Waals surface area contributed by atoms with Gasteiger partial charge in [-0.05, 0) is 175 Å². The van der Waals surface area contributed by atoms with Crippen LogP contribution in [0.3, 0.4) is 0 Å². The van der Waals surface area contributed by atoms with E-state index >= 15 is 0 Å². The molecule has 10 heterocycles. The third-order valence-electron chi connectivity index (χ3n) is 17.3. The molecule has 9 N–H and O–H groups in total. The fourth-order valence-corrected chi connectivity index (χ4v) is 12.0. The summed E-state index contributed by atoms with van der Waals surface area (Å²) in [6.07, 6.45) is 7.73. The maximum Gasteiger partial charge on any atom is 1.00 e. The number of rotatable bonds is 16. The molecule has 8 aromatic heterocycles. The molecule has 0 atom stereocenters. The zero-order chi connectivity index (χ0) is 82.8. The molecule has 2 fully saturated rings. The third-order valence-corrected chi connectivity index (χ3v) is 17.3. The van der Waals surface area contributed by atoms with Gasteiger partial charge in [-0.25, -0.2) is 29.5 Å². The first-order valence-corrected chi connectivity index (χ1v) is 35.3. The smallest absolute Gasteiger partial charge is 0.870 e. The molecular weight excluding hydrogens is 1510 g/mol. The van der Waals surface area contributed by atoms with Crippen molar-refractivity contribution >= 4 is 117 Å². The van der Waals surface area contributed by atoms with Gasteiger partial charge in [0, 0.05) is 119 Å². The molecular formula is C82H83N14NaO19. The number of benzene rings is 4. The Labute approximate surface area is 685 Å². The number of carbonyl (C=O) groups is 12. The van der Waals surface area contributed by atoms with E-state index < -0.39 is 41.5 Å². The molecule has 0 spiro atoms. The molecule has 2 aliphatic rings. The first kappa shape index (κ1) is 89.6. The number of fused-ring (bicyclic) bond motifs is 4. The minimum absolute atomic E-state index is 0. The van der Waals surface area contributed by atoms with Crippen LogP contribution in [0.15, 0.2) is 170 Å². The number of aromatic nitrogens is 8. The van der Waals surface area contributed by atoms with Gasteiger partial charge in [-0.1, -0.05) is 48.5 Å². The SMILES string of the molecule is COC(=O)Cc1cccc(N)c1.COC(=O)Cc1cccc(NC(=O)c2ccn3c(C)cc(C)nc23)c1.Cc1cc(C)n2ccc(C(=O)Nc3cccc(CC(=O)O)c3)c2n1.Cc1cc(C)n2ccc(C(=O)Nc3cccc(CC(=O)ON4C(=O)CCC4=O)c3)c2n1.Cc1cc(C)n2ccc(C(=O)O)c2n1.O=C1CCC(=O)N1O.[Na+].[OH-]. The van der Waals surface area contributed by atoms with Gasteiger partial charge in [0.25, 0.3) is 41.4 Å². The zero-order valence-corrected chi connectivity index (χ0v) is 67.3. The Morgan fingerprint density at radius 3 is 1.00 bits per heavy atom. The maximum absolute atomic E-state index is 12.8. The summed E-state index contributed by atoms with van der Waals surface area (Å²) in [5.41, 5.74) is 22.0. The average molecular weight is 1590 g/mol. The molecule has 0 unspecified atom stereocenters. The molecule has 0 saturated carbocycles. The second kappa shape index (κ2) is 40.7. The summed E-state index contributed by atoms with van der Waals surface area (Å²) < 4.78 is 16.5. The summed E-state index contributed by atoms with van der Waals surface area (Å²) in [5, 5.41) is 35.3. The largest absolute Gasteiger partial charge is 1.00 e. The predicted molar refractivity (Wildman–Crippen MR) is 418 cm³/mol. The van der Waals surface area contributed by atoms with Crippen molar-refractivity contribution in [2.75, 3.05) is 35.9 Å². The average Bonchev–Trinajstić information content (AvgIpc) is 1.66. The van der Waals surface area contributed by atoms with Crippen LogP contribution in [0.2, 0.25) is 0 Å². The standard InChI is InChI=1S/C22H20N4O5.C19H19N3O3.C18H17N3O3.C10H10N2O2.C9H11NO2.C4H5NO3.Na.H2O/c1-13-10-14(2)25-9-8-17(21(25)23-13)22(30)24-16-5-3-4-15(11-16)12-20(29)31-26-18(27)6-7-19(26)28;1-12-9-13(2)22-8-7-16(18(22)20-12)19(24)21-15-6-4-5-14(10-15)11-17(23)25-3;1-11-8-12(2)21-7-6-15(17(21)19-11)18(24)20-14-5-3-4-13(9-14)10-16(22)23;1-6-5-7(2)12-4-3-8(10(13)14)9(12)11-6;1-12-9(11)6-7-3-2-4-8(10)5-7;6-3-1-2-4(7)5(3)8;;/h3-5,8-11H,6-7,12H2,1-2H3,(H,24,30);4-10H,11H2,1-3H3,(H,21,24);3-9H,10H2,1-2H3,(H,20,24)(H,22,23);3-5H,1-2H3,(H,13,14);2-5H,6,10H2,1H3;8H,1-2H2;;1H2/q;;;;;;+1;/p-1. The van der Waals surface area contributed by atoms with Crippen molar-refractivity contribution in [3.05, 3.63) is 260 Å². The molecule has 0 bridgehead atoms. The third kappa shape index (κ3) is 23.7. The van der Waals surface area contributed by atoms with Crippen LogP contribution in [0.5, 0.6) is 0 Å². The van der Waals surface area contributed by atoms with Gasteiger partial charge in [-0.2, -0.15) is 5.06 Å². The van der Waals surface area contributed by atoms with Gasteiger partial charge in [0.1, 0.15) is 22.5 Å². The summed E-state index contributed by atoms with van der Waals surface area (Å²) in [6, 6.07) is 42.4.